The number of rotatable bonds is 3. The maximum Gasteiger partial charge on any atom is 0.251 e. The molecule has 9 heteroatoms. The van der Waals surface area contributed by atoms with Crippen LogP contribution in [0.2, 0.25) is 0 Å². The highest BCUT2D eigenvalue weighted by Gasteiger charge is 2.24. The Morgan fingerprint density at radius 2 is 1.90 bits per heavy atom. The van der Waals surface area contributed by atoms with Crippen molar-refractivity contribution in [2.24, 2.45) is 4.99 Å². The predicted octanol–water partition coefficient (Wildman–Crippen LogP) is 3.77. The zero-order valence-electron chi connectivity index (χ0n) is 16.4. The van der Waals surface area contributed by atoms with Crippen LogP contribution in [0.1, 0.15) is 28.8 Å². The molecular formula is C22H19F2N5O2. The lowest BCUT2D eigenvalue weighted by atomic mass is 10.0. The van der Waals surface area contributed by atoms with Crippen LogP contribution in [0.3, 0.4) is 0 Å². The van der Waals surface area contributed by atoms with E-state index in [1.165, 1.54) is 24.4 Å². The predicted molar refractivity (Wildman–Crippen MR) is 112 cm³/mol. The average molecular weight is 423 g/mol. The van der Waals surface area contributed by atoms with E-state index >= 15 is 0 Å². The van der Waals surface area contributed by atoms with Crippen LogP contribution >= 0.6 is 0 Å². The number of aliphatic imine (C=N–C) groups is 1. The monoisotopic (exact) mass is 423 g/mol. The van der Waals surface area contributed by atoms with E-state index in [0.717, 1.165) is 12.8 Å². The summed E-state index contributed by atoms with van der Waals surface area (Å²) in [4.78, 5) is 17.3. The average Bonchev–Trinajstić information content (AvgIpc) is 3.16. The van der Waals surface area contributed by atoms with E-state index in [4.69, 9.17) is 4.74 Å². The Morgan fingerprint density at radius 3 is 2.68 bits per heavy atom. The molecule has 2 aliphatic rings. The van der Waals surface area contributed by atoms with Gasteiger partial charge in [-0.3, -0.25) is 9.89 Å². The minimum atomic E-state index is -0.742. The molecule has 0 aliphatic carbocycles. The third-order valence-corrected chi connectivity index (χ3v) is 5.41. The van der Waals surface area contributed by atoms with Crippen molar-refractivity contribution < 1.29 is 18.3 Å². The molecule has 0 saturated carbocycles. The molecule has 0 unspecified atom stereocenters. The Kier molecular flexibility index (Phi) is 4.95. The molecule has 0 atom stereocenters. The molecule has 1 amide bonds. The summed E-state index contributed by atoms with van der Waals surface area (Å²) in [7, 11) is 0. The van der Waals surface area contributed by atoms with Gasteiger partial charge in [-0.2, -0.15) is 5.10 Å². The Morgan fingerprint density at radius 1 is 1.13 bits per heavy atom. The number of hydrogen-bond acceptors (Lipinski definition) is 5. The molecule has 5 rings (SSSR count). The number of nitrogens with zero attached hydrogens (tertiary/aromatic N) is 2. The normalized spacial score (nSPS) is 15.9. The number of anilines is 1. The van der Waals surface area contributed by atoms with Crippen LogP contribution in [-0.4, -0.2) is 41.2 Å². The molecule has 7 nitrogen and oxygen atoms in total. The number of amides is 1. The summed E-state index contributed by atoms with van der Waals surface area (Å²) in [6, 6.07) is 8.74. The molecule has 158 valence electrons. The molecule has 3 aromatic rings. The summed E-state index contributed by atoms with van der Waals surface area (Å²) in [5.74, 6) is -1.72. The summed E-state index contributed by atoms with van der Waals surface area (Å²) in [5, 5.41) is 12.9. The van der Waals surface area contributed by atoms with Crippen LogP contribution in [0.25, 0.3) is 11.3 Å². The van der Waals surface area contributed by atoms with E-state index in [-0.39, 0.29) is 23.3 Å². The van der Waals surface area contributed by atoms with Crippen LogP contribution in [0.15, 0.2) is 47.6 Å². The lowest BCUT2D eigenvalue weighted by Crippen LogP contribution is -2.38. The quantitative estimate of drug-likeness (QED) is 0.598. The van der Waals surface area contributed by atoms with Gasteiger partial charge in [0.05, 0.1) is 28.8 Å². The van der Waals surface area contributed by atoms with Gasteiger partial charge in [-0.25, -0.2) is 13.8 Å². The summed E-state index contributed by atoms with van der Waals surface area (Å²) in [6.45, 7) is 1.23. The molecule has 0 spiro atoms. The summed E-state index contributed by atoms with van der Waals surface area (Å²) in [6.07, 6.45) is 3.03. The highest BCUT2D eigenvalue weighted by Crippen LogP contribution is 2.38. The number of aromatic amines is 1. The van der Waals surface area contributed by atoms with E-state index in [0.29, 0.717) is 41.4 Å². The van der Waals surface area contributed by atoms with E-state index in [9.17, 15) is 13.6 Å². The molecule has 2 aliphatic heterocycles. The molecule has 3 N–H and O–H groups in total. The second-order valence-corrected chi connectivity index (χ2v) is 7.43. The standard InChI is InChI=1S/C22H19F2N5O2/c23-15-2-1-3-16(24)19(15)21-27-17-10-12(22(30)26-13-6-8-31-9-7-13)4-5-14(17)20-18(28-21)11-25-29-20/h1-5,10-11,13H,6-9H2,(H,25,29)(H,26,30)(H,27,28). The van der Waals surface area contributed by atoms with Gasteiger partial charge in [-0.1, -0.05) is 6.07 Å². The third-order valence-electron chi connectivity index (χ3n) is 5.41. The number of hydrogen-bond donors (Lipinski definition) is 3. The molecular weight excluding hydrogens is 404 g/mol. The van der Waals surface area contributed by atoms with E-state index in [1.807, 2.05) is 0 Å². The smallest absolute Gasteiger partial charge is 0.251 e. The van der Waals surface area contributed by atoms with Crippen molar-refractivity contribution in [1.82, 2.24) is 15.5 Å². The van der Waals surface area contributed by atoms with Crippen LogP contribution in [0.5, 0.6) is 0 Å². The number of aromatic nitrogens is 2. The number of carbonyl (C=O) groups is 1. The molecule has 0 bridgehead atoms. The maximum atomic E-state index is 14.5. The zero-order chi connectivity index (χ0) is 21.4. The van der Waals surface area contributed by atoms with Gasteiger partial charge >= 0.3 is 0 Å². The topological polar surface area (TPSA) is 91.4 Å². The van der Waals surface area contributed by atoms with Gasteiger partial charge in [-0.15, -0.1) is 0 Å². The molecule has 1 fully saturated rings. The number of amidine groups is 1. The first-order valence-corrected chi connectivity index (χ1v) is 9.96. The van der Waals surface area contributed by atoms with Gasteiger partial charge in [0.2, 0.25) is 0 Å². The van der Waals surface area contributed by atoms with Gasteiger partial charge in [0, 0.05) is 30.4 Å². The SMILES string of the molecule is O=C(NC1CCOCC1)c1ccc2c(c1)N=C(c1c(F)cccc1F)Nc1cn[nH]c1-2. The lowest BCUT2D eigenvalue weighted by Gasteiger charge is -2.23. The Labute approximate surface area is 176 Å². The fourth-order valence-corrected chi connectivity index (χ4v) is 3.79. The van der Waals surface area contributed by atoms with Gasteiger partial charge < -0.3 is 15.4 Å². The van der Waals surface area contributed by atoms with Crippen molar-refractivity contribution in [1.29, 1.82) is 0 Å². The van der Waals surface area contributed by atoms with Crippen molar-refractivity contribution in [2.75, 3.05) is 18.5 Å². The minimum absolute atomic E-state index is 0.000938. The molecule has 31 heavy (non-hydrogen) atoms. The fraction of sp³-hybridized carbons (Fsp3) is 0.227. The van der Waals surface area contributed by atoms with Crippen LogP contribution in [-0.2, 0) is 4.74 Å². The van der Waals surface area contributed by atoms with Crippen molar-refractivity contribution in [3.8, 4) is 11.3 Å². The maximum absolute atomic E-state index is 14.5. The minimum Gasteiger partial charge on any atom is -0.381 e. The van der Waals surface area contributed by atoms with E-state index in [1.54, 1.807) is 18.2 Å². The molecule has 1 saturated heterocycles. The summed E-state index contributed by atoms with van der Waals surface area (Å²) < 4.78 is 34.2. The number of benzene rings is 2. The first-order valence-electron chi connectivity index (χ1n) is 9.96. The number of fused-ring (bicyclic) bond motifs is 3. The largest absolute Gasteiger partial charge is 0.381 e. The number of nitrogens with one attached hydrogen (secondary N) is 3. The van der Waals surface area contributed by atoms with Gasteiger partial charge in [-0.05, 0) is 43.2 Å². The molecule has 0 radical (unpaired) electrons. The molecule has 3 heterocycles. The Balaban J connectivity index is 1.56. The van der Waals surface area contributed by atoms with Crippen molar-refractivity contribution in [3.05, 3.63) is 65.4 Å². The number of H-pyrrole nitrogens is 1. The highest BCUT2D eigenvalue weighted by atomic mass is 19.1. The van der Waals surface area contributed by atoms with Gasteiger partial charge in [0.1, 0.15) is 17.5 Å². The lowest BCUT2D eigenvalue weighted by molar-refractivity contribution is 0.0696. The summed E-state index contributed by atoms with van der Waals surface area (Å²) >= 11 is 0. The van der Waals surface area contributed by atoms with Crippen molar-refractivity contribution in [2.45, 2.75) is 18.9 Å². The highest BCUT2D eigenvalue weighted by molar-refractivity contribution is 6.13. The Bertz CT molecular complexity index is 1160. The molecule has 2 aromatic carbocycles. The molecule has 1 aromatic heterocycles. The zero-order valence-corrected chi connectivity index (χ0v) is 16.4. The Hall–Kier alpha value is -3.59. The van der Waals surface area contributed by atoms with Crippen LogP contribution < -0.4 is 10.6 Å². The second-order valence-electron chi connectivity index (χ2n) is 7.43. The van der Waals surface area contributed by atoms with Crippen molar-refractivity contribution in [3.63, 3.8) is 0 Å². The number of halogens is 2. The summed E-state index contributed by atoms with van der Waals surface area (Å²) in [5.41, 5.74) is 2.33. The van der Waals surface area contributed by atoms with Gasteiger partial charge in [0.15, 0.2) is 0 Å². The number of carbonyl (C=O) groups excluding carboxylic acids is 1. The van der Waals surface area contributed by atoms with E-state index in [2.05, 4.69) is 25.8 Å². The van der Waals surface area contributed by atoms with Crippen molar-refractivity contribution >= 4 is 23.1 Å². The first kappa shape index (κ1) is 19.4. The third kappa shape index (κ3) is 3.68. The second kappa shape index (κ2) is 7.92. The van der Waals surface area contributed by atoms with E-state index < -0.39 is 11.6 Å². The fourth-order valence-electron chi connectivity index (χ4n) is 3.79. The first-order chi connectivity index (χ1) is 15.1. The van der Waals surface area contributed by atoms with Crippen LogP contribution in [0.4, 0.5) is 20.2 Å². The number of ether oxygens (including phenoxy) is 1. The van der Waals surface area contributed by atoms with Gasteiger partial charge in [0.25, 0.3) is 5.91 Å². The van der Waals surface area contributed by atoms with Crippen LogP contribution in [0, 0.1) is 11.6 Å².